The molecule has 0 saturated heterocycles. The van der Waals surface area contributed by atoms with Crippen LogP contribution in [0.3, 0.4) is 0 Å². The average Bonchev–Trinajstić information content (AvgIpc) is 2.50. The van der Waals surface area contributed by atoms with Gasteiger partial charge in [0.25, 0.3) is 0 Å². The van der Waals surface area contributed by atoms with Gasteiger partial charge in [0, 0.05) is 25.1 Å². The van der Waals surface area contributed by atoms with Crippen molar-refractivity contribution < 1.29 is 4.74 Å². The van der Waals surface area contributed by atoms with Gasteiger partial charge in [-0.15, -0.1) is 11.3 Å². The lowest BCUT2D eigenvalue weighted by molar-refractivity contribution is 0.184. The van der Waals surface area contributed by atoms with Gasteiger partial charge in [0.05, 0.1) is 6.61 Å². The molecule has 1 N–H and O–H groups in total. The Hall–Kier alpha value is -0.380. The number of methoxy groups -OCH3 is 1. The molecule has 0 aromatic carbocycles. The van der Waals surface area contributed by atoms with E-state index in [4.69, 9.17) is 4.74 Å². The smallest absolute Gasteiger partial charge is 0.0724 e. The molecule has 0 spiro atoms. The van der Waals surface area contributed by atoms with Crippen molar-refractivity contribution in [1.29, 1.82) is 0 Å². The van der Waals surface area contributed by atoms with Crippen LogP contribution in [0.2, 0.25) is 0 Å². The molecule has 3 heteroatoms. The van der Waals surface area contributed by atoms with E-state index in [1.54, 1.807) is 12.0 Å². The Morgan fingerprint density at radius 1 is 1.67 bits per heavy atom. The van der Waals surface area contributed by atoms with Crippen LogP contribution in [0.1, 0.15) is 16.0 Å². The average molecular weight is 183 g/mol. The Balaban J connectivity index is 2.25. The summed E-state index contributed by atoms with van der Waals surface area (Å²) >= 11 is 1.87. The molecule has 1 aromatic rings. The summed E-state index contributed by atoms with van der Waals surface area (Å²) in [4.78, 5) is 1.54. The van der Waals surface area contributed by atoms with E-state index in [-0.39, 0.29) is 0 Å². The van der Waals surface area contributed by atoms with Gasteiger partial charge in [-0.1, -0.05) is 0 Å². The van der Waals surface area contributed by atoms with E-state index in [2.05, 4.69) is 10.7 Å². The van der Waals surface area contributed by atoms with Crippen LogP contribution < -0.4 is 5.32 Å². The number of rotatable bonds is 2. The lowest BCUT2D eigenvalue weighted by atomic mass is 10.1. The lowest BCUT2D eigenvalue weighted by Crippen LogP contribution is -2.22. The van der Waals surface area contributed by atoms with Gasteiger partial charge in [0.15, 0.2) is 0 Å². The van der Waals surface area contributed by atoms with E-state index in [0.29, 0.717) is 0 Å². The monoisotopic (exact) mass is 183 g/mol. The third-order valence-corrected chi connectivity index (χ3v) is 3.34. The van der Waals surface area contributed by atoms with Gasteiger partial charge in [-0.25, -0.2) is 0 Å². The topological polar surface area (TPSA) is 21.3 Å². The Morgan fingerprint density at radius 3 is 3.42 bits per heavy atom. The van der Waals surface area contributed by atoms with Crippen molar-refractivity contribution in [2.75, 3.05) is 13.7 Å². The minimum absolute atomic E-state index is 0.757. The van der Waals surface area contributed by atoms with Gasteiger partial charge in [-0.3, -0.25) is 0 Å². The van der Waals surface area contributed by atoms with E-state index < -0.39 is 0 Å². The van der Waals surface area contributed by atoms with Gasteiger partial charge in [0.2, 0.25) is 0 Å². The Labute approximate surface area is 76.6 Å². The largest absolute Gasteiger partial charge is 0.380 e. The van der Waals surface area contributed by atoms with Crippen molar-refractivity contribution in [3.05, 3.63) is 21.4 Å². The predicted molar refractivity (Wildman–Crippen MR) is 50.4 cm³/mol. The van der Waals surface area contributed by atoms with Crippen LogP contribution >= 0.6 is 11.3 Å². The SMILES string of the molecule is COCc1csc2c1CNCC2. The van der Waals surface area contributed by atoms with Gasteiger partial charge >= 0.3 is 0 Å². The highest BCUT2D eigenvalue weighted by atomic mass is 32.1. The molecule has 2 rings (SSSR count). The lowest BCUT2D eigenvalue weighted by Gasteiger charge is -2.13. The number of fused-ring (bicyclic) bond motifs is 1. The van der Waals surface area contributed by atoms with Crippen molar-refractivity contribution in [3.63, 3.8) is 0 Å². The first-order valence-corrected chi connectivity index (χ1v) is 5.07. The van der Waals surface area contributed by atoms with Crippen LogP contribution in [0.5, 0.6) is 0 Å². The Bertz CT molecular complexity index is 269. The summed E-state index contributed by atoms with van der Waals surface area (Å²) in [6.07, 6.45) is 1.18. The maximum atomic E-state index is 5.13. The second kappa shape index (κ2) is 3.56. The van der Waals surface area contributed by atoms with Crippen LogP contribution in [0, 0.1) is 0 Å². The van der Waals surface area contributed by atoms with Crippen molar-refractivity contribution in [2.24, 2.45) is 0 Å². The molecule has 0 atom stereocenters. The van der Waals surface area contributed by atoms with Crippen LogP contribution in [0.4, 0.5) is 0 Å². The standard InChI is InChI=1S/C9H13NOS/c1-11-5-7-6-12-9-2-3-10-4-8(7)9/h6,10H,2-5H2,1H3. The molecule has 2 nitrogen and oxygen atoms in total. The second-order valence-electron chi connectivity index (χ2n) is 3.02. The fourth-order valence-corrected chi connectivity index (χ4v) is 2.64. The summed E-state index contributed by atoms with van der Waals surface area (Å²) < 4.78 is 5.13. The van der Waals surface area contributed by atoms with E-state index >= 15 is 0 Å². The van der Waals surface area contributed by atoms with E-state index in [9.17, 15) is 0 Å². The molecular weight excluding hydrogens is 170 g/mol. The minimum Gasteiger partial charge on any atom is -0.380 e. The fraction of sp³-hybridized carbons (Fsp3) is 0.556. The second-order valence-corrected chi connectivity index (χ2v) is 3.99. The summed E-state index contributed by atoms with van der Waals surface area (Å²) in [7, 11) is 1.75. The van der Waals surface area contributed by atoms with Crippen LogP contribution in [-0.4, -0.2) is 13.7 Å². The van der Waals surface area contributed by atoms with Crippen LogP contribution in [0.25, 0.3) is 0 Å². The summed E-state index contributed by atoms with van der Waals surface area (Å²) in [6.45, 7) is 2.91. The normalized spacial score (nSPS) is 16.1. The molecule has 0 unspecified atom stereocenters. The highest BCUT2D eigenvalue weighted by molar-refractivity contribution is 7.10. The molecule has 66 valence electrons. The van der Waals surface area contributed by atoms with Crippen LogP contribution in [0.15, 0.2) is 5.38 Å². The molecular formula is C9H13NOS. The number of hydrogen-bond acceptors (Lipinski definition) is 3. The third-order valence-electron chi connectivity index (χ3n) is 2.20. The molecule has 1 aliphatic rings. The Kier molecular flexibility index (Phi) is 2.44. The zero-order valence-corrected chi connectivity index (χ0v) is 8.04. The van der Waals surface area contributed by atoms with Crippen LogP contribution in [-0.2, 0) is 24.3 Å². The summed E-state index contributed by atoms with van der Waals surface area (Å²) in [5, 5.41) is 5.60. The zero-order valence-electron chi connectivity index (χ0n) is 7.22. The predicted octanol–water partition coefficient (Wildman–Crippen LogP) is 1.54. The van der Waals surface area contributed by atoms with Crippen molar-refractivity contribution in [2.45, 2.75) is 19.6 Å². The molecule has 0 radical (unpaired) electrons. The number of ether oxygens (including phenoxy) is 1. The van der Waals surface area contributed by atoms with E-state index in [1.807, 2.05) is 11.3 Å². The number of nitrogens with one attached hydrogen (secondary N) is 1. The quantitative estimate of drug-likeness (QED) is 0.751. The molecule has 0 aliphatic carbocycles. The molecule has 1 aliphatic heterocycles. The zero-order chi connectivity index (χ0) is 8.39. The third kappa shape index (κ3) is 1.40. The van der Waals surface area contributed by atoms with Gasteiger partial charge < -0.3 is 10.1 Å². The highest BCUT2D eigenvalue weighted by Gasteiger charge is 2.14. The van der Waals surface area contributed by atoms with Crippen molar-refractivity contribution in [1.82, 2.24) is 5.32 Å². The highest BCUT2D eigenvalue weighted by Crippen LogP contribution is 2.25. The first kappa shape index (κ1) is 8.23. The minimum atomic E-state index is 0.757. The van der Waals surface area contributed by atoms with Crippen molar-refractivity contribution >= 4 is 11.3 Å². The molecule has 0 saturated carbocycles. The summed E-state index contributed by atoms with van der Waals surface area (Å²) in [5.74, 6) is 0. The number of hydrogen-bond donors (Lipinski definition) is 1. The molecule has 0 bridgehead atoms. The molecule has 1 aromatic heterocycles. The van der Waals surface area contributed by atoms with Gasteiger partial charge in [-0.05, 0) is 22.9 Å². The van der Waals surface area contributed by atoms with E-state index in [0.717, 1.165) is 19.7 Å². The maximum absolute atomic E-state index is 5.13. The van der Waals surface area contributed by atoms with Gasteiger partial charge in [0.1, 0.15) is 0 Å². The fourth-order valence-electron chi connectivity index (χ4n) is 1.58. The molecule has 12 heavy (non-hydrogen) atoms. The first-order valence-electron chi connectivity index (χ1n) is 4.19. The molecule has 0 fully saturated rings. The molecule has 0 amide bonds. The van der Waals surface area contributed by atoms with Gasteiger partial charge in [-0.2, -0.15) is 0 Å². The molecule has 2 heterocycles. The summed E-state index contributed by atoms with van der Waals surface area (Å²) in [5.41, 5.74) is 2.85. The number of thiophene rings is 1. The van der Waals surface area contributed by atoms with E-state index in [1.165, 1.54) is 17.5 Å². The maximum Gasteiger partial charge on any atom is 0.0724 e. The van der Waals surface area contributed by atoms with Crippen molar-refractivity contribution in [3.8, 4) is 0 Å². The summed E-state index contributed by atoms with van der Waals surface area (Å²) in [6, 6.07) is 0. The Morgan fingerprint density at radius 2 is 2.58 bits per heavy atom. The first-order chi connectivity index (χ1) is 5.92.